The number of halogens is 2. The molecule has 5 nitrogen and oxygen atoms in total. The minimum absolute atomic E-state index is 0. The molecule has 0 spiro atoms. The summed E-state index contributed by atoms with van der Waals surface area (Å²) in [4.78, 5) is 11.9. The highest BCUT2D eigenvalue weighted by atomic mass is 35.5. The number of aromatic nitrogens is 2. The average molecular weight is 343 g/mol. The molecule has 1 aromatic carbocycles. The topological polar surface area (TPSA) is 72.9 Å². The van der Waals surface area contributed by atoms with E-state index in [1.807, 2.05) is 32.0 Å². The summed E-state index contributed by atoms with van der Waals surface area (Å²) >= 11 is 5.99. The van der Waals surface area contributed by atoms with Crippen LogP contribution in [0.4, 0.5) is 5.82 Å². The van der Waals surface area contributed by atoms with Crippen molar-refractivity contribution in [1.29, 1.82) is 0 Å². The van der Waals surface area contributed by atoms with Gasteiger partial charge < -0.3 is 11.1 Å². The van der Waals surface area contributed by atoms with E-state index in [1.54, 1.807) is 16.8 Å². The normalized spacial score (nSPS) is 11.6. The molecule has 0 saturated carbocycles. The molecule has 1 atom stereocenters. The molecule has 2 rings (SSSR count). The minimum Gasteiger partial charge on any atom is -0.320 e. The standard InChI is InChI=1S/C15H19ClN4O.ClH/c1-3-5-13(17)15(21)18-14-8-10(2)20(19-14)12-7-4-6-11(16)9-12;/h4,6-9,13H,3,5,17H2,1-2H3,(H,18,19,21);1H. The molecular formula is C15H20Cl2N4O. The molecule has 0 saturated heterocycles. The third-order valence-electron chi connectivity index (χ3n) is 3.13. The quantitative estimate of drug-likeness (QED) is 0.875. The lowest BCUT2D eigenvalue weighted by atomic mass is 10.2. The summed E-state index contributed by atoms with van der Waals surface area (Å²) in [6.45, 7) is 3.90. The van der Waals surface area contributed by atoms with Crippen LogP contribution in [0.5, 0.6) is 0 Å². The first-order valence-corrected chi connectivity index (χ1v) is 7.28. The number of hydrogen-bond donors (Lipinski definition) is 2. The highest BCUT2D eigenvalue weighted by molar-refractivity contribution is 6.30. The van der Waals surface area contributed by atoms with Crippen LogP contribution in [0.3, 0.4) is 0 Å². The molecule has 0 aliphatic heterocycles. The van der Waals surface area contributed by atoms with Crippen molar-refractivity contribution in [2.75, 3.05) is 5.32 Å². The Hall–Kier alpha value is -1.56. The molecule has 0 radical (unpaired) electrons. The number of nitrogens with zero attached hydrogens (tertiary/aromatic N) is 2. The molecule has 0 bridgehead atoms. The number of nitrogens with one attached hydrogen (secondary N) is 1. The smallest absolute Gasteiger partial charge is 0.242 e. The van der Waals surface area contributed by atoms with E-state index in [0.717, 1.165) is 17.8 Å². The van der Waals surface area contributed by atoms with Crippen molar-refractivity contribution in [2.45, 2.75) is 32.7 Å². The van der Waals surface area contributed by atoms with Crippen molar-refractivity contribution < 1.29 is 4.79 Å². The molecular weight excluding hydrogens is 323 g/mol. The Balaban J connectivity index is 0.00000242. The first-order chi connectivity index (χ1) is 10.0. The van der Waals surface area contributed by atoms with Gasteiger partial charge in [0.2, 0.25) is 5.91 Å². The second-order valence-corrected chi connectivity index (χ2v) is 5.38. The molecule has 1 unspecified atom stereocenters. The number of amides is 1. The molecule has 0 aliphatic rings. The number of benzene rings is 1. The molecule has 0 fully saturated rings. The summed E-state index contributed by atoms with van der Waals surface area (Å²) in [7, 11) is 0. The largest absolute Gasteiger partial charge is 0.320 e. The van der Waals surface area contributed by atoms with E-state index in [-0.39, 0.29) is 18.3 Å². The van der Waals surface area contributed by atoms with Gasteiger partial charge in [0.1, 0.15) is 0 Å². The third kappa shape index (κ3) is 4.47. The summed E-state index contributed by atoms with van der Waals surface area (Å²) in [6, 6.07) is 8.67. The number of hydrogen-bond acceptors (Lipinski definition) is 3. The summed E-state index contributed by atoms with van der Waals surface area (Å²) in [5.74, 6) is 0.275. The van der Waals surface area contributed by atoms with Crippen LogP contribution >= 0.6 is 24.0 Å². The van der Waals surface area contributed by atoms with Crippen LogP contribution in [0.2, 0.25) is 5.02 Å². The van der Waals surface area contributed by atoms with E-state index in [1.165, 1.54) is 0 Å². The lowest BCUT2D eigenvalue weighted by Gasteiger charge is -2.09. The molecule has 1 heterocycles. The molecule has 0 aliphatic carbocycles. The molecule has 1 aromatic heterocycles. The predicted octanol–water partition coefficient (Wildman–Crippen LogP) is 3.32. The van der Waals surface area contributed by atoms with Gasteiger partial charge in [-0.15, -0.1) is 17.5 Å². The zero-order valence-electron chi connectivity index (χ0n) is 12.5. The fourth-order valence-corrected chi connectivity index (χ4v) is 2.25. The molecule has 7 heteroatoms. The Morgan fingerprint density at radius 1 is 1.45 bits per heavy atom. The van der Waals surface area contributed by atoms with E-state index in [4.69, 9.17) is 17.3 Å². The maximum absolute atomic E-state index is 11.9. The van der Waals surface area contributed by atoms with Gasteiger partial charge >= 0.3 is 0 Å². The van der Waals surface area contributed by atoms with Crippen molar-refractivity contribution in [2.24, 2.45) is 5.73 Å². The highest BCUT2D eigenvalue weighted by Crippen LogP contribution is 2.18. The van der Waals surface area contributed by atoms with Gasteiger partial charge in [-0.05, 0) is 31.5 Å². The SMILES string of the molecule is CCCC(N)C(=O)Nc1cc(C)n(-c2cccc(Cl)c2)n1.Cl. The van der Waals surface area contributed by atoms with Gasteiger partial charge in [-0.25, -0.2) is 4.68 Å². The average Bonchev–Trinajstić information content (AvgIpc) is 2.79. The number of nitrogens with two attached hydrogens (primary N) is 1. The monoisotopic (exact) mass is 342 g/mol. The minimum atomic E-state index is -0.508. The van der Waals surface area contributed by atoms with Crippen LogP contribution < -0.4 is 11.1 Å². The number of anilines is 1. The third-order valence-corrected chi connectivity index (χ3v) is 3.36. The van der Waals surface area contributed by atoms with Crippen LogP contribution in [0.1, 0.15) is 25.5 Å². The lowest BCUT2D eigenvalue weighted by Crippen LogP contribution is -2.35. The van der Waals surface area contributed by atoms with Crippen LogP contribution in [-0.4, -0.2) is 21.7 Å². The van der Waals surface area contributed by atoms with E-state index in [0.29, 0.717) is 17.3 Å². The van der Waals surface area contributed by atoms with E-state index in [2.05, 4.69) is 10.4 Å². The Bertz CT molecular complexity index is 642. The number of carbonyl (C=O) groups is 1. The number of rotatable bonds is 5. The first-order valence-electron chi connectivity index (χ1n) is 6.90. The Kier molecular flexibility index (Phi) is 6.87. The highest BCUT2D eigenvalue weighted by Gasteiger charge is 2.15. The Morgan fingerprint density at radius 2 is 2.18 bits per heavy atom. The van der Waals surface area contributed by atoms with Crippen molar-refractivity contribution in [1.82, 2.24) is 9.78 Å². The molecule has 120 valence electrons. The van der Waals surface area contributed by atoms with Gasteiger partial charge in [-0.2, -0.15) is 0 Å². The molecule has 2 aromatic rings. The summed E-state index contributed by atoms with van der Waals surface area (Å²) in [5, 5.41) is 7.75. The predicted molar refractivity (Wildman–Crippen MR) is 92.1 cm³/mol. The van der Waals surface area contributed by atoms with E-state index in [9.17, 15) is 4.79 Å². The summed E-state index contributed by atoms with van der Waals surface area (Å²) < 4.78 is 1.73. The van der Waals surface area contributed by atoms with Gasteiger partial charge in [-0.3, -0.25) is 4.79 Å². The molecule has 3 N–H and O–H groups in total. The Morgan fingerprint density at radius 3 is 2.82 bits per heavy atom. The van der Waals surface area contributed by atoms with Gasteiger partial charge in [0.15, 0.2) is 5.82 Å². The first kappa shape index (κ1) is 18.5. The molecule has 22 heavy (non-hydrogen) atoms. The fourth-order valence-electron chi connectivity index (χ4n) is 2.07. The number of carbonyl (C=O) groups excluding carboxylic acids is 1. The van der Waals surface area contributed by atoms with Gasteiger partial charge in [-0.1, -0.05) is 31.0 Å². The summed E-state index contributed by atoms with van der Waals surface area (Å²) in [6.07, 6.45) is 1.52. The number of aryl methyl sites for hydroxylation is 1. The van der Waals surface area contributed by atoms with Crippen LogP contribution in [-0.2, 0) is 4.79 Å². The van der Waals surface area contributed by atoms with Crippen molar-refractivity contribution in [3.05, 3.63) is 41.0 Å². The van der Waals surface area contributed by atoms with Crippen LogP contribution in [0, 0.1) is 6.92 Å². The van der Waals surface area contributed by atoms with Gasteiger partial charge in [0, 0.05) is 16.8 Å². The van der Waals surface area contributed by atoms with E-state index >= 15 is 0 Å². The van der Waals surface area contributed by atoms with Gasteiger partial charge in [0.05, 0.1) is 11.7 Å². The zero-order chi connectivity index (χ0) is 15.4. The van der Waals surface area contributed by atoms with Crippen molar-refractivity contribution in [3.63, 3.8) is 0 Å². The van der Waals surface area contributed by atoms with Gasteiger partial charge in [0.25, 0.3) is 0 Å². The lowest BCUT2D eigenvalue weighted by molar-refractivity contribution is -0.117. The fraction of sp³-hybridized carbons (Fsp3) is 0.333. The Labute approximate surface area is 141 Å². The molecule has 1 amide bonds. The maximum atomic E-state index is 11.9. The second-order valence-electron chi connectivity index (χ2n) is 4.95. The van der Waals surface area contributed by atoms with Crippen LogP contribution in [0.15, 0.2) is 30.3 Å². The van der Waals surface area contributed by atoms with Crippen molar-refractivity contribution in [3.8, 4) is 5.69 Å². The van der Waals surface area contributed by atoms with Crippen LogP contribution in [0.25, 0.3) is 5.69 Å². The maximum Gasteiger partial charge on any atom is 0.242 e. The van der Waals surface area contributed by atoms with Crippen molar-refractivity contribution >= 4 is 35.7 Å². The summed E-state index contributed by atoms with van der Waals surface area (Å²) in [5.41, 5.74) is 7.53. The second kappa shape index (κ2) is 8.17. The van der Waals surface area contributed by atoms with E-state index < -0.39 is 6.04 Å². The zero-order valence-corrected chi connectivity index (χ0v) is 14.1.